The molecule has 0 bridgehead atoms. The highest BCUT2D eigenvalue weighted by molar-refractivity contribution is 7.18. The van der Waals surface area contributed by atoms with E-state index in [-0.39, 0.29) is 0 Å². The number of nitrogens with zero attached hydrogens (tertiary/aromatic N) is 3. The minimum atomic E-state index is 0.700. The number of anilines is 1. The number of nitrogens with one attached hydrogen (secondary N) is 1. The molecule has 0 saturated carbocycles. The Hall–Kier alpha value is -2.73. The molecule has 0 aromatic carbocycles. The van der Waals surface area contributed by atoms with Crippen molar-refractivity contribution in [3.63, 3.8) is 0 Å². The highest BCUT2D eigenvalue weighted by atomic mass is 32.1. The predicted molar refractivity (Wildman–Crippen MR) is 101 cm³/mol. The van der Waals surface area contributed by atoms with E-state index < -0.39 is 0 Å². The van der Waals surface area contributed by atoms with E-state index in [1.807, 2.05) is 24.3 Å². The molecule has 0 atom stereocenters. The molecule has 0 aliphatic carbocycles. The number of hydrogen-bond donors (Lipinski definition) is 1. The van der Waals surface area contributed by atoms with Gasteiger partial charge in [-0.05, 0) is 36.8 Å². The normalized spacial score (nSPS) is 11.1. The summed E-state index contributed by atoms with van der Waals surface area (Å²) in [5, 5.41) is 4.53. The average Bonchev–Trinajstić information content (AvgIpc) is 3.31. The molecule has 4 aromatic rings. The number of furan rings is 1. The van der Waals surface area contributed by atoms with Gasteiger partial charge in [-0.25, -0.2) is 9.97 Å². The van der Waals surface area contributed by atoms with Gasteiger partial charge in [0, 0.05) is 35.8 Å². The molecule has 6 heteroatoms. The standard InChI is InChI=1S/C19H18N4OS/c1-2-15-11-16-18(21-9-7-14-6-4-10-24-14)22-17(23-19(16)25-15)13-5-3-8-20-12-13/h3-6,8,10-12H,2,7,9H2,1H3,(H,21,22,23). The zero-order valence-corrected chi connectivity index (χ0v) is 14.7. The molecular formula is C19H18N4OS. The van der Waals surface area contributed by atoms with Crippen LogP contribution in [-0.2, 0) is 12.8 Å². The molecule has 0 fully saturated rings. The van der Waals surface area contributed by atoms with Crippen molar-refractivity contribution in [3.8, 4) is 11.4 Å². The van der Waals surface area contributed by atoms with E-state index in [0.717, 1.165) is 46.7 Å². The van der Waals surface area contributed by atoms with Crippen molar-refractivity contribution in [2.24, 2.45) is 0 Å². The number of rotatable bonds is 6. The van der Waals surface area contributed by atoms with Crippen molar-refractivity contribution < 1.29 is 4.42 Å². The first kappa shape index (κ1) is 15.8. The van der Waals surface area contributed by atoms with Crippen LogP contribution in [0.25, 0.3) is 21.6 Å². The van der Waals surface area contributed by atoms with Crippen LogP contribution in [0.15, 0.2) is 53.4 Å². The summed E-state index contributed by atoms with van der Waals surface area (Å²) in [6, 6.07) is 9.96. The molecular weight excluding hydrogens is 332 g/mol. The summed E-state index contributed by atoms with van der Waals surface area (Å²) < 4.78 is 5.39. The van der Waals surface area contributed by atoms with E-state index in [2.05, 4.69) is 23.3 Å². The summed E-state index contributed by atoms with van der Waals surface area (Å²) in [6.45, 7) is 2.91. The van der Waals surface area contributed by atoms with Crippen LogP contribution in [0, 0.1) is 0 Å². The fraction of sp³-hybridized carbons (Fsp3) is 0.211. The van der Waals surface area contributed by atoms with Crippen LogP contribution in [0.1, 0.15) is 17.6 Å². The van der Waals surface area contributed by atoms with E-state index in [1.54, 1.807) is 30.0 Å². The van der Waals surface area contributed by atoms with Crippen molar-refractivity contribution >= 4 is 27.4 Å². The highest BCUT2D eigenvalue weighted by Crippen LogP contribution is 2.31. The molecule has 4 heterocycles. The lowest BCUT2D eigenvalue weighted by atomic mass is 10.2. The summed E-state index contributed by atoms with van der Waals surface area (Å²) >= 11 is 1.72. The summed E-state index contributed by atoms with van der Waals surface area (Å²) in [7, 11) is 0. The van der Waals surface area contributed by atoms with Gasteiger partial charge in [0.05, 0.1) is 11.6 Å². The van der Waals surface area contributed by atoms with Gasteiger partial charge in [-0.1, -0.05) is 6.92 Å². The molecule has 4 aromatic heterocycles. The Balaban J connectivity index is 1.68. The summed E-state index contributed by atoms with van der Waals surface area (Å²) in [5.41, 5.74) is 0.921. The number of aromatic nitrogens is 3. The molecule has 0 unspecified atom stereocenters. The second-order valence-corrected chi connectivity index (χ2v) is 6.79. The maximum absolute atomic E-state index is 5.39. The predicted octanol–water partition coefficient (Wildman–Crippen LogP) is 4.56. The minimum Gasteiger partial charge on any atom is -0.469 e. The molecule has 0 aliphatic heterocycles. The Morgan fingerprint density at radius 3 is 2.92 bits per heavy atom. The Bertz CT molecular complexity index is 964. The molecule has 0 spiro atoms. The molecule has 0 aliphatic rings. The van der Waals surface area contributed by atoms with Gasteiger partial charge in [0.1, 0.15) is 16.4 Å². The Labute approximate surface area is 149 Å². The van der Waals surface area contributed by atoms with Crippen molar-refractivity contribution in [3.05, 3.63) is 59.6 Å². The average molecular weight is 350 g/mol. The SMILES string of the molecule is CCc1cc2c(NCCc3ccco3)nc(-c3cccnc3)nc2s1. The van der Waals surface area contributed by atoms with Crippen molar-refractivity contribution in [2.45, 2.75) is 19.8 Å². The number of pyridine rings is 1. The van der Waals surface area contributed by atoms with Crippen LogP contribution < -0.4 is 5.32 Å². The van der Waals surface area contributed by atoms with Crippen molar-refractivity contribution in [1.82, 2.24) is 15.0 Å². The fourth-order valence-electron chi connectivity index (χ4n) is 2.66. The second kappa shape index (κ2) is 7.03. The van der Waals surface area contributed by atoms with Crippen LogP contribution in [0.4, 0.5) is 5.82 Å². The number of hydrogen-bond acceptors (Lipinski definition) is 6. The van der Waals surface area contributed by atoms with Gasteiger partial charge < -0.3 is 9.73 Å². The molecule has 0 radical (unpaired) electrons. The minimum absolute atomic E-state index is 0.700. The maximum Gasteiger partial charge on any atom is 0.164 e. The number of aryl methyl sites for hydroxylation is 1. The van der Waals surface area contributed by atoms with Crippen molar-refractivity contribution in [1.29, 1.82) is 0 Å². The van der Waals surface area contributed by atoms with Gasteiger partial charge in [0.25, 0.3) is 0 Å². The zero-order valence-electron chi connectivity index (χ0n) is 13.9. The third-order valence-electron chi connectivity index (χ3n) is 3.96. The van der Waals surface area contributed by atoms with Gasteiger partial charge in [0.2, 0.25) is 0 Å². The third-order valence-corrected chi connectivity index (χ3v) is 5.13. The lowest BCUT2D eigenvalue weighted by molar-refractivity contribution is 0.513. The van der Waals surface area contributed by atoms with E-state index >= 15 is 0 Å². The first-order chi connectivity index (χ1) is 12.3. The summed E-state index contributed by atoms with van der Waals surface area (Å²) in [4.78, 5) is 16.0. The molecule has 126 valence electrons. The summed E-state index contributed by atoms with van der Waals surface area (Å²) in [6.07, 6.45) is 7.05. The Morgan fingerprint density at radius 1 is 1.20 bits per heavy atom. The van der Waals surface area contributed by atoms with Crippen LogP contribution in [0.3, 0.4) is 0 Å². The maximum atomic E-state index is 5.39. The second-order valence-electron chi connectivity index (χ2n) is 5.68. The molecule has 0 amide bonds. The Kier molecular flexibility index (Phi) is 4.43. The lowest BCUT2D eigenvalue weighted by Gasteiger charge is -2.08. The number of fused-ring (bicyclic) bond motifs is 1. The van der Waals surface area contributed by atoms with E-state index in [9.17, 15) is 0 Å². The molecule has 1 N–H and O–H groups in total. The van der Waals surface area contributed by atoms with Gasteiger partial charge >= 0.3 is 0 Å². The van der Waals surface area contributed by atoms with Crippen LogP contribution >= 0.6 is 11.3 Å². The molecule has 25 heavy (non-hydrogen) atoms. The van der Waals surface area contributed by atoms with Gasteiger partial charge in [0.15, 0.2) is 5.82 Å². The Morgan fingerprint density at radius 2 is 2.16 bits per heavy atom. The van der Waals surface area contributed by atoms with Gasteiger partial charge in [-0.3, -0.25) is 4.98 Å². The van der Waals surface area contributed by atoms with Crippen molar-refractivity contribution in [2.75, 3.05) is 11.9 Å². The quantitative estimate of drug-likeness (QED) is 0.552. The molecule has 5 nitrogen and oxygen atoms in total. The van der Waals surface area contributed by atoms with E-state index in [4.69, 9.17) is 14.4 Å². The first-order valence-electron chi connectivity index (χ1n) is 8.30. The van der Waals surface area contributed by atoms with E-state index in [1.165, 1.54) is 4.88 Å². The summed E-state index contributed by atoms with van der Waals surface area (Å²) in [5.74, 6) is 2.53. The smallest absolute Gasteiger partial charge is 0.164 e. The largest absolute Gasteiger partial charge is 0.469 e. The topological polar surface area (TPSA) is 63.8 Å². The highest BCUT2D eigenvalue weighted by Gasteiger charge is 2.12. The molecule has 4 rings (SSSR count). The zero-order chi connectivity index (χ0) is 17.1. The monoisotopic (exact) mass is 350 g/mol. The fourth-order valence-corrected chi connectivity index (χ4v) is 3.63. The van der Waals surface area contributed by atoms with E-state index in [0.29, 0.717) is 5.82 Å². The number of thiophene rings is 1. The molecule has 0 saturated heterocycles. The first-order valence-corrected chi connectivity index (χ1v) is 9.12. The third kappa shape index (κ3) is 3.39. The van der Waals surface area contributed by atoms with Crippen LogP contribution in [0.2, 0.25) is 0 Å². The van der Waals surface area contributed by atoms with Crippen LogP contribution in [0.5, 0.6) is 0 Å². The lowest BCUT2D eigenvalue weighted by Crippen LogP contribution is -2.07. The van der Waals surface area contributed by atoms with Gasteiger partial charge in [-0.2, -0.15) is 0 Å². The van der Waals surface area contributed by atoms with Crippen LogP contribution in [-0.4, -0.2) is 21.5 Å². The van der Waals surface area contributed by atoms with Gasteiger partial charge in [-0.15, -0.1) is 11.3 Å².